The lowest BCUT2D eigenvalue weighted by Crippen LogP contribution is -2.52. The zero-order valence-electron chi connectivity index (χ0n) is 19.3. The molecule has 2 aromatic rings. The van der Waals surface area contributed by atoms with Crippen LogP contribution in [0.5, 0.6) is 5.75 Å². The summed E-state index contributed by atoms with van der Waals surface area (Å²) >= 11 is 18.3. The van der Waals surface area contributed by atoms with Gasteiger partial charge in [-0.05, 0) is 74.6 Å². The van der Waals surface area contributed by atoms with Crippen molar-refractivity contribution in [2.24, 2.45) is 0 Å². The Bertz CT molecular complexity index is 1160. The molecule has 0 radical (unpaired) electrons. The number of rotatable bonds is 5. The van der Waals surface area contributed by atoms with Gasteiger partial charge in [-0.1, -0.05) is 34.8 Å². The molecule has 0 unspecified atom stereocenters. The first kappa shape index (κ1) is 26.4. The van der Waals surface area contributed by atoms with Gasteiger partial charge in [-0.15, -0.1) is 0 Å². The first-order valence-electron chi connectivity index (χ1n) is 11.6. The highest BCUT2D eigenvalue weighted by Crippen LogP contribution is 2.34. The summed E-state index contributed by atoms with van der Waals surface area (Å²) < 4.78 is 33.3. The average molecular weight is 561 g/mol. The van der Waals surface area contributed by atoms with Crippen molar-refractivity contribution < 1.29 is 17.9 Å². The van der Waals surface area contributed by atoms with Crippen LogP contribution in [0.4, 0.5) is 4.79 Å². The number of hydrogen-bond acceptors (Lipinski definition) is 5. The quantitative estimate of drug-likeness (QED) is 0.533. The summed E-state index contributed by atoms with van der Waals surface area (Å²) in [6.45, 7) is 4.68. The molecule has 11 heteroatoms. The van der Waals surface area contributed by atoms with Crippen LogP contribution in [-0.4, -0.2) is 62.6 Å². The maximum absolute atomic E-state index is 12.6. The van der Waals surface area contributed by atoms with E-state index in [1.54, 1.807) is 11.0 Å². The Labute approximate surface area is 221 Å². The Morgan fingerprint density at radius 3 is 2.20 bits per heavy atom. The van der Waals surface area contributed by atoms with Crippen LogP contribution in [0.15, 0.2) is 41.3 Å². The molecule has 2 aliphatic rings. The third-order valence-corrected chi connectivity index (χ3v) is 9.14. The molecule has 35 heavy (non-hydrogen) atoms. The second kappa shape index (κ2) is 11.1. The Balaban J connectivity index is 1.24. The number of nitrogens with zero attached hydrogens (tertiary/aromatic N) is 2. The van der Waals surface area contributed by atoms with Gasteiger partial charge in [-0.2, -0.15) is 0 Å². The summed E-state index contributed by atoms with van der Waals surface area (Å²) in [5, 5.41) is 1.61. The number of piperidine rings is 2. The van der Waals surface area contributed by atoms with Crippen LogP contribution in [0.25, 0.3) is 0 Å². The van der Waals surface area contributed by atoms with Crippen molar-refractivity contribution in [1.29, 1.82) is 0 Å². The molecule has 2 heterocycles. The molecule has 4 rings (SSSR count). The summed E-state index contributed by atoms with van der Waals surface area (Å²) in [6.07, 6.45) is 3.45. The van der Waals surface area contributed by atoms with E-state index >= 15 is 0 Å². The van der Waals surface area contributed by atoms with Crippen LogP contribution in [0.2, 0.25) is 15.1 Å². The van der Waals surface area contributed by atoms with E-state index in [0.29, 0.717) is 39.9 Å². The van der Waals surface area contributed by atoms with Gasteiger partial charge in [0.2, 0.25) is 0 Å². The smallest absolute Gasteiger partial charge is 0.331 e. The van der Waals surface area contributed by atoms with Crippen molar-refractivity contribution in [2.45, 2.75) is 49.6 Å². The van der Waals surface area contributed by atoms with E-state index in [2.05, 4.69) is 9.62 Å². The van der Waals surface area contributed by atoms with Gasteiger partial charge in [0.15, 0.2) is 0 Å². The molecule has 0 bridgehead atoms. The summed E-state index contributed by atoms with van der Waals surface area (Å²) in [4.78, 5) is 16.6. The molecule has 0 atom stereocenters. The molecule has 0 aromatic heterocycles. The molecule has 2 saturated heterocycles. The van der Waals surface area contributed by atoms with E-state index in [-0.39, 0.29) is 11.0 Å². The second-order valence-corrected chi connectivity index (χ2v) is 11.8. The van der Waals surface area contributed by atoms with Crippen LogP contribution in [0.3, 0.4) is 0 Å². The number of amides is 2. The summed E-state index contributed by atoms with van der Waals surface area (Å²) in [5.74, 6) is 0.667. The highest BCUT2D eigenvalue weighted by molar-refractivity contribution is 7.90. The normalized spacial score (nSPS) is 18.5. The maximum atomic E-state index is 12.6. The van der Waals surface area contributed by atoms with Gasteiger partial charge in [0.25, 0.3) is 10.0 Å². The lowest BCUT2D eigenvalue weighted by atomic mass is 9.99. The fourth-order valence-electron chi connectivity index (χ4n) is 4.55. The molecule has 2 amide bonds. The van der Waals surface area contributed by atoms with E-state index in [4.69, 9.17) is 39.5 Å². The van der Waals surface area contributed by atoms with Crippen molar-refractivity contribution in [2.75, 3.05) is 26.2 Å². The number of likely N-dealkylation sites (tertiary alicyclic amines) is 2. The first-order chi connectivity index (χ1) is 16.6. The molecule has 0 spiro atoms. The molecular weight excluding hydrogens is 533 g/mol. The van der Waals surface area contributed by atoms with Crippen molar-refractivity contribution in [3.05, 3.63) is 57.0 Å². The van der Waals surface area contributed by atoms with Gasteiger partial charge in [-0.25, -0.2) is 17.9 Å². The van der Waals surface area contributed by atoms with Crippen molar-refractivity contribution in [1.82, 2.24) is 14.5 Å². The van der Waals surface area contributed by atoms with E-state index in [0.717, 1.165) is 44.3 Å². The summed E-state index contributed by atoms with van der Waals surface area (Å²) in [5.41, 5.74) is 0.819. The molecule has 2 aliphatic heterocycles. The van der Waals surface area contributed by atoms with Gasteiger partial charge in [0.05, 0.1) is 9.92 Å². The van der Waals surface area contributed by atoms with E-state index in [1.807, 2.05) is 13.0 Å². The predicted molar refractivity (Wildman–Crippen MR) is 138 cm³/mol. The molecule has 2 fully saturated rings. The number of halogens is 3. The summed E-state index contributed by atoms with van der Waals surface area (Å²) in [7, 11) is -3.94. The monoisotopic (exact) mass is 559 g/mol. The fraction of sp³-hybridized carbons (Fsp3) is 0.458. The number of ether oxygens (including phenoxy) is 1. The van der Waals surface area contributed by atoms with Gasteiger partial charge in [0.1, 0.15) is 11.9 Å². The predicted octanol–water partition coefficient (Wildman–Crippen LogP) is 5.36. The molecule has 7 nitrogen and oxygen atoms in total. The van der Waals surface area contributed by atoms with Gasteiger partial charge in [-0.3, -0.25) is 4.90 Å². The number of hydrogen-bond donors (Lipinski definition) is 1. The number of benzene rings is 2. The zero-order chi connectivity index (χ0) is 25.2. The van der Waals surface area contributed by atoms with Crippen molar-refractivity contribution in [3.8, 4) is 5.75 Å². The zero-order valence-corrected chi connectivity index (χ0v) is 22.4. The topological polar surface area (TPSA) is 79.0 Å². The first-order valence-corrected chi connectivity index (χ1v) is 14.2. The van der Waals surface area contributed by atoms with Crippen LogP contribution in [-0.2, 0) is 10.0 Å². The number of carbonyl (C=O) groups excluding carboxylic acids is 1. The van der Waals surface area contributed by atoms with Gasteiger partial charge in [0, 0.05) is 42.3 Å². The van der Waals surface area contributed by atoms with E-state index in [1.165, 1.54) is 24.3 Å². The fourth-order valence-corrected chi connectivity index (χ4v) is 6.06. The van der Waals surface area contributed by atoms with Crippen LogP contribution in [0.1, 0.15) is 31.2 Å². The third kappa shape index (κ3) is 6.35. The van der Waals surface area contributed by atoms with Crippen LogP contribution >= 0.6 is 34.8 Å². The van der Waals surface area contributed by atoms with Gasteiger partial charge >= 0.3 is 6.03 Å². The molecular formula is C24H28Cl3N3O4S. The second-order valence-electron chi connectivity index (χ2n) is 8.92. The Hall–Kier alpha value is -1.71. The molecule has 1 N–H and O–H groups in total. The van der Waals surface area contributed by atoms with Crippen molar-refractivity contribution >= 4 is 50.9 Å². The lowest BCUT2D eigenvalue weighted by Gasteiger charge is -2.41. The van der Waals surface area contributed by atoms with Crippen molar-refractivity contribution in [3.63, 3.8) is 0 Å². The maximum Gasteiger partial charge on any atom is 0.331 e. The molecule has 190 valence electrons. The Kier molecular flexibility index (Phi) is 8.38. The molecule has 2 aromatic carbocycles. The average Bonchev–Trinajstić information content (AvgIpc) is 2.85. The van der Waals surface area contributed by atoms with Crippen LogP contribution in [0, 0.1) is 6.92 Å². The SMILES string of the molecule is Cc1c(Cl)ccc(OC2CCN(C3CCN(C(=O)NS(=O)(=O)c4ccc(Cl)cc4)CC3)CC2)c1Cl. The molecule has 0 aliphatic carbocycles. The highest BCUT2D eigenvalue weighted by Gasteiger charge is 2.31. The summed E-state index contributed by atoms with van der Waals surface area (Å²) in [6, 6.07) is 9.08. The minimum atomic E-state index is -3.94. The van der Waals surface area contributed by atoms with Gasteiger partial charge < -0.3 is 9.64 Å². The standard InChI is InChI=1S/C24H28Cl3N3O4S/c1-16-21(26)6-7-22(23(16)27)34-19-10-14-29(15-11-19)18-8-12-30(13-9-18)24(31)28-35(32,33)20-4-2-17(25)3-5-20/h2-7,18-19H,8-15H2,1H3,(H,28,31). The minimum absolute atomic E-state index is 0.00488. The highest BCUT2D eigenvalue weighted by atomic mass is 35.5. The Morgan fingerprint density at radius 2 is 1.57 bits per heavy atom. The molecule has 0 saturated carbocycles. The largest absolute Gasteiger partial charge is 0.489 e. The van der Waals surface area contributed by atoms with Crippen LogP contribution < -0.4 is 9.46 Å². The lowest BCUT2D eigenvalue weighted by molar-refractivity contribution is 0.0540. The number of nitrogens with one attached hydrogen (secondary N) is 1. The number of carbonyl (C=O) groups is 1. The van der Waals surface area contributed by atoms with E-state index < -0.39 is 16.1 Å². The third-order valence-electron chi connectivity index (χ3n) is 6.67. The van der Waals surface area contributed by atoms with E-state index in [9.17, 15) is 13.2 Å². The minimum Gasteiger partial charge on any atom is -0.489 e. The number of urea groups is 1. The number of sulfonamides is 1. The Morgan fingerprint density at radius 1 is 0.943 bits per heavy atom.